The summed E-state index contributed by atoms with van der Waals surface area (Å²) in [6, 6.07) is 0. The van der Waals surface area contributed by atoms with Crippen LogP contribution in [-0.4, -0.2) is 12.6 Å². The van der Waals surface area contributed by atoms with Gasteiger partial charge in [0, 0.05) is 6.08 Å². The zero-order valence-corrected chi connectivity index (χ0v) is 9.38. The van der Waals surface area contributed by atoms with Crippen molar-refractivity contribution in [1.29, 1.82) is 0 Å². The predicted molar refractivity (Wildman–Crippen MR) is 56.9 cm³/mol. The average Bonchev–Trinajstić information content (AvgIpc) is 2.01. The minimum atomic E-state index is -0.177. The van der Waals surface area contributed by atoms with E-state index < -0.39 is 0 Å². The molecule has 1 aliphatic rings. The van der Waals surface area contributed by atoms with Gasteiger partial charge in [-0.15, -0.1) is 0 Å². The van der Waals surface area contributed by atoms with Crippen molar-refractivity contribution >= 4 is 5.97 Å². The van der Waals surface area contributed by atoms with E-state index in [2.05, 4.69) is 13.8 Å². The quantitative estimate of drug-likeness (QED) is 0.501. The number of allylic oxidation sites excluding steroid dienone is 1. The van der Waals surface area contributed by atoms with Crippen LogP contribution in [0.1, 0.15) is 40.0 Å². The van der Waals surface area contributed by atoms with Crippen molar-refractivity contribution in [1.82, 2.24) is 0 Å². The lowest BCUT2D eigenvalue weighted by Crippen LogP contribution is -2.14. The lowest BCUT2D eigenvalue weighted by Gasteiger charge is -2.26. The zero-order chi connectivity index (χ0) is 10.6. The summed E-state index contributed by atoms with van der Waals surface area (Å²) in [5.41, 5.74) is 1.26. The van der Waals surface area contributed by atoms with Crippen LogP contribution in [0.3, 0.4) is 0 Å². The highest BCUT2D eigenvalue weighted by atomic mass is 16.5. The van der Waals surface area contributed by atoms with Gasteiger partial charge in [0.05, 0.1) is 6.61 Å². The number of carbonyl (C=O) groups is 1. The summed E-state index contributed by atoms with van der Waals surface area (Å²) < 4.78 is 4.90. The van der Waals surface area contributed by atoms with Gasteiger partial charge >= 0.3 is 5.97 Å². The summed E-state index contributed by atoms with van der Waals surface area (Å²) in [5, 5.41) is 0. The third-order valence-electron chi connectivity index (χ3n) is 2.63. The number of rotatable bonds is 2. The Morgan fingerprint density at radius 2 is 2.00 bits per heavy atom. The molecule has 0 saturated heterocycles. The van der Waals surface area contributed by atoms with Crippen LogP contribution in [0.15, 0.2) is 11.6 Å². The summed E-state index contributed by atoms with van der Waals surface area (Å²) >= 11 is 0. The Hall–Kier alpha value is -0.790. The zero-order valence-electron chi connectivity index (χ0n) is 9.38. The van der Waals surface area contributed by atoms with Gasteiger partial charge in [0.15, 0.2) is 0 Å². The molecule has 0 radical (unpaired) electrons. The molecule has 14 heavy (non-hydrogen) atoms. The molecule has 0 aromatic carbocycles. The highest BCUT2D eigenvalue weighted by Crippen LogP contribution is 2.32. The monoisotopic (exact) mass is 196 g/mol. The molecule has 0 aliphatic heterocycles. The molecule has 0 unspecified atom stereocenters. The van der Waals surface area contributed by atoms with Crippen molar-refractivity contribution in [3.8, 4) is 0 Å². The molecule has 0 aromatic heterocycles. The van der Waals surface area contributed by atoms with Gasteiger partial charge in [0.2, 0.25) is 0 Å². The fourth-order valence-electron chi connectivity index (χ4n) is 2.30. The second-order valence-electron chi connectivity index (χ2n) is 4.41. The van der Waals surface area contributed by atoms with Gasteiger partial charge in [0.1, 0.15) is 0 Å². The first-order valence-electron chi connectivity index (χ1n) is 5.48. The van der Waals surface area contributed by atoms with Gasteiger partial charge < -0.3 is 4.74 Å². The Labute approximate surface area is 86.3 Å². The molecule has 2 heteroatoms. The van der Waals surface area contributed by atoms with Crippen LogP contribution in [0.4, 0.5) is 0 Å². The van der Waals surface area contributed by atoms with E-state index in [1.165, 1.54) is 12.0 Å². The molecule has 0 N–H and O–H groups in total. The maximum atomic E-state index is 11.2. The standard InChI is InChI=1S/C12H20O2/c1-4-14-12(13)8-11-6-9(2)5-10(3)7-11/h8-10H,4-7H2,1-3H3/t9-,10-/m0/s1. The second kappa shape index (κ2) is 5.18. The van der Waals surface area contributed by atoms with Gasteiger partial charge in [-0.1, -0.05) is 19.4 Å². The molecule has 2 atom stereocenters. The molecule has 0 amide bonds. The third-order valence-corrected chi connectivity index (χ3v) is 2.63. The summed E-state index contributed by atoms with van der Waals surface area (Å²) in [6.45, 7) is 6.79. The SMILES string of the molecule is CCOC(=O)C=C1C[C@@H](C)C[C@H](C)C1. The molecule has 0 aromatic rings. The Bertz CT molecular complexity index is 218. The number of hydrogen-bond donors (Lipinski definition) is 0. The molecule has 1 saturated carbocycles. The predicted octanol–water partition coefficient (Wildman–Crippen LogP) is 2.93. The molecule has 1 fully saturated rings. The Morgan fingerprint density at radius 3 is 2.50 bits per heavy atom. The van der Waals surface area contributed by atoms with Crippen LogP contribution in [0.25, 0.3) is 0 Å². The molecule has 0 bridgehead atoms. The van der Waals surface area contributed by atoms with E-state index in [0.29, 0.717) is 18.4 Å². The van der Waals surface area contributed by atoms with E-state index >= 15 is 0 Å². The van der Waals surface area contributed by atoms with Crippen LogP contribution in [-0.2, 0) is 9.53 Å². The summed E-state index contributed by atoms with van der Waals surface area (Å²) in [4.78, 5) is 11.2. The van der Waals surface area contributed by atoms with Crippen LogP contribution < -0.4 is 0 Å². The van der Waals surface area contributed by atoms with Crippen molar-refractivity contribution in [2.24, 2.45) is 11.8 Å². The van der Waals surface area contributed by atoms with Gasteiger partial charge in [0.25, 0.3) is 0 Å². The lowest BCUT2D eigenvalue weighted by molar-refractivity contribution is -0.137. The largest absolute Gasteiger partial charge is 0.463 e. The van der Waals surface area contributed by atoms with E-state index in [0.717, 1.165) is 12.8 Å². The highest BCUT2D eigenvalue weighted by Gasteiger charge is 2.19. The molecular weight excluding hydrogens is 176 g/mol. The third kappa shape index (κ3) is 3.52. The molecule has 1 rings (SSSR count). The fraction of sp³-hybridized carbons (Fsp3) is 0.750. The normalized spacial score (nSPS) is 27.2. The summed E-state index contributed by atoms with van der Waals surface area (Å²) in [7, 11) is 0. The number of ether oxygens (including phenoxy) is 1. The van der Waals surface area contributed by atoms with Gasteiger partial charge in [-0.25, -0.2) is 4.79 Å². The van der Waals surface area contributed by atoms with Crippen LogP contribution in [0.2, 0.25) is 0 Å². The van der Waals surface area contributed by atoms with Crippen LogP contribution in [0.5, 0.6) is 0 Å². The van der Waals surface area contributed by atoms with E-state index in [1.807, 2.05) is 6.92 Å². The maximum absolute atomic E-state index is 11.2. The van der Waals surface area contributed by atoms with Crippen molar-refractivity contribution in [2.75, 3.05) is 6.61 Å². The second-order valence-corrected chi connectivity index (χ2v) is 4.41. The first-order chi connectivity index (χ1) is 6.61. The molecule has 80 valence electrons. The minimum Gasteiger partial charge on any atom is -0.463 e. The van der Waals surface area contributed by atoms with Crippen LogP contribution >= 0.6 is 0 Å². The maximum Gasteiger partial charge on any atom is 0.330 e. The smallest absolute Gasteiger partial charge is 0.330 e. The minimum absolute atomic E-state index is 0.177. The van der Waals surface area contributed by atoms with Crippen molar-refractivity contribution in [3.05, 3.63) is 11.6 Å². The van der Waals surface area contributed by atoms with Gasteiger partial charge in [-0.3, -0.25) is 0 Å². The molecule has 1 aliphatic carbocycles. The number of hydrogen-bond acceptors (Lipinski definition) is 2. The highest BCUT2D eigenvalue weighted by molar-refractivity contribution is 5.82. The van der Waals surface area contributed by atoms with E-state index in [-0.39, 0.29) is 5.97 Å². The van der Waals surface area contributed by atoms with Gasteiger partial charge in [-0.2, -0.15) is 0 Å². The average molecular weight is 196 g/mol. The van der Waals surface area contributed by atoms with E-state index in [4.69, 9.17) is 4.74 Å². The Morgan fingerprint density at radius 1 is 1.43 bits per heavy atom. The van der Waals surface area contributed by atoms with Crippen LogP contribution in [0, 0.1) is 11.8 Å². The molecule has 2 nitrogen and oxygen atoms in total. The number of esters is 1. The van der Waals surface area contributed by atoms with Crippen molar-refractivity contribution in [3.63, 3.8) is 0 Å². The first-order valence-corrected chi connectivity index (χ1v) is 5.48. The summed E-state index contributed by atoms with van der Waals surface area (Å²) in [5.74, 6) is 1.24. The molecule has 0 heterocycles. The van der Waals surface area contributed by atoms with Crippen molar-refractivity contribution in [2.45, 2.75) is 40.0 Å². The van der Waals surface area contributed by atoms with Gasteiger partial charge in [-0.05, 0) is 38.0 Å². The Balaban J connectivity index is 2.53. The first kappa shape index (κ1) is 11.3. The van der Waals surface area contributed by atoms with Crippen molar-refractivity contribution < 1.29 is 9.53 Å². The van der Waals surface area contributed by atoms with E-state index in [9.17, 15) is 4.79 Å². The molecular formula is C12H20O2. The number of carbonyl (C=O) groups excluding carboxylic acids is 1. The van der Waals surface area contributed by atoms with E-state index in [1.54, 1.807) is 6.08 Å². The summed E-state index contributed by atoms with van der Waals surface area (Å²) in [6.07, 6.45) is 5.09. The molecule has 0 spiro atoms. The Kier molecular flexibility index (Phi) is 4.18. The topological polar surface area (TPSA) is 26.3 Å². The fourth-order valence-corrected chi connectivity index (χ4v) is 2.30. The lowest BCUT2D eigenvalue weighted by atomic mass is 9.80.